The van der Waals surface area contributed by atoms with E-state index in [1.807, 2.05) is 39.9 Å². The molecule has 2 aromatic rings. The number of fused-ring (bicyclic) bond motifs is 1. The number of rotatable bonds is 4. The lowest BCUT2D eigenvalue weighted by Gasteiger charge is -2.29. The Morgan fingerprint density at radius 1 is 1.29 bits per heavy atom. The van der Waals surface area contributed by atoms with E-state index in [-0.39, 0.29) is 11.8 Å². The first-order valence-corrected chi connectivity index (χ1v) is 7.69. The predicted molar refractivity (Wildman–Crippen MR) is 81.9 cm³/mol. The van der Waals surface area contributed by atoms with Crippen molar-refractivity contribution in [1.29, 1.82) is 0 Å². The van der Waals surface area contributed by atoms with E-state index in [4.69, 9.17) is 5.73 Å². The molecule has 0 bridgehead atoms. The van der Waals surface area contributed by atoms with Crippen LogP contribution in [0.15, 0.2) is 30.6 Å². The second-order valence-electron chi connectivity index (χ2n) is 5.72. The number of carbonyl (C=O) groups is 1. The van der Waals surface area contributed by atoms with Crippen LogP contribution in [-0.4, -0.2) is 39.8 Å². The summed E-state index contributed by atoms with van der Waals surface area (Å²) in [7, 11) is 0. The van der Waals surface area contributed by atoms with Crippen LogP contribution in [0.3, 0.4) is 0 Å². The van der Waals surface area contributed by atoms with Crippen molar-refractivity contribution < 1.29 is 4.79 Å². The minimum atomic E-state index is -0.159. The zero-order valence-electron chi connectivity index (χ0n) is 12.2. The van der Waals surface area contributed by atoms with Gasteiger partial charge in [-0.3, -0.25) is 4.79 Å². The Balaban J connectivity index is 1.72. The van der Waals surface area contributed by atoms with Crippen molar-refractivity contribution in [1.82, 2.24) is 14.3 Å². The van der Waals surface area contributed by atoms with Crippen LogP contribution in [0.1, 0.15) is 25.0 Å². The van der Waals surface area contributed by atoms with Gasteiger partial charge in [0.15, 0.2) is 0 Å². The minimum Gasteiger partial charge on any atom is -0.342 e. The average Bonchev–Trinajstić information content (AvgIpc) is 2.95. The Bertz CT molecular complexity index is 583. The molecule has 1 fully saturated rings. The molecule has 1 amide bonds. The molecule has 1 atom stereocenters. The zero-order valence-corrected chi connectivity index (χ0v) is 12.2. The van der Waals surface area contributed by atoms with Crippen LogP contribution in [0, 0.1) is 5.92 Å². The van der Waals surface area contributed by atoms with E-state index >= 15 is 0 Å². The lowest BCUT2D eigenvalue weighted by molar-refractivity contribution is -0.136. The van der Waals surface area contributed by atoms with E-state index in [2.05, 4.69) is 4.98 Å². The summed E-state index contributed by atoms with van der Waals surface area (Å²) >= 11 is 0. The summed E-state index contributed by atoms with van der Waals surface area (Å²) < 4.78 is 1.98. The molecule has 1 saturated heterocycles. The third-order valence-corrected chi connectivity index (χ3v) is 4.17. The van der Waals surface area contributed by atoms with Gasteiger partial charge in [0, 0.05) is 38.4 Å². The van der Waals surface area contributed by atoms with E-state index in [1.54, 1.807) is 0 Å². The second kappa shape index (κ2) is 6.26. The van der Waals surface area contributed by atoms with Crippen LogP contribution in [0.4, 0.5) is 0 Å². The Kier molecular flexibility index (Phi) is 4.20. The fourth-order valence-corrected chi connectivity index (χ4v) is 2.98. The van der Waals surface area contributed by atoms with Crippen LogP contribution in [0.2, 0.25) is 0 Å². The molecule has 2 N–H and O–H groups in total. The van der Waals surface area contributed by atoms with E-state index < -0.39 is 0 Å². The van der Waals surface area contributed by atoms with Crippen LogP contribution in [-0.2, 0) is 11.2 Å². The first kappa shape index (κ1) is 14.1. The number of aromatic nitrogens is 2. The molecule has 21 heavy (non-hydrogen) atoms. The van der Waals surface area contributed by atoms with Crippen LogP contribution >= 0.6 is 0 Å². The molecule has 1 aliphatic heterocycles. The molecule has 0 spiro atoms. The monoisotopic (exact) mass is 286 g/mol. The summed E-state index contributed by atoms with van der Waals surface area (Å²) in [6.45, 7) is 2.13. The van der Waals surface area contributed by atoms with Crippen molar-refractivity contribution >= 4 is 11.6 Å². The first-order chi connectivity index (χ1) is 10.3. The lowest BCUT2D eigenvalue weighted by atomic mass is 10.0. The molecule has 1 aliphatic rings. The molecular formula is C16H22N4O. The van der Waals surface area contributed by atoms with E-state index in [0.29, 0.717) is 13.0 Å². The number of pyridine rings is 1. The molecule has 2 aromatic heterocycles. The fraction of sp³-hybridized carbons (Fsp3) is 0.500. The van der Waals surface area contributed by atoms with Gasteiger partial charge in [-0.1, -0.05) is 6.07 Å². The summed E-state index contributed by atoms with van der Waals surface area (Å²) in [5.74, 6) is 0.0299. The van der Waals surface area contributed by atoms with Crippen LogP contribution in [0.25, 0.3) is 5.65 Å². The van der Waals surface area contributed by atoms with Gasteiger partial charge in [-0.2, -0.15) is 0 Å². The quantitative estimate of drug-likeness (QED) is 0.925. The second-order valence-corrected chi connectivity index (χ2v) is 5.72. The Morgan fingerprint density at radius 2 is 2.10 bits per heavy atom. The molecule has 5 nitrogen and oxygen atoms in total. The number of nitrogens with zero attached hydrogens (tertiary/aromatic N) is 3. The van der Waals surface area contributed by atoms with Crippen molar-refractivity contribution in [3.63, 3.8) is 0 Å². The van der Waals surface area contributed by atoms with Gasteiger partial charge in [-0.05, 0) is 31.4 Å². The smallest absolute Gasteiger partial charge is 0.227 e. The van der Waals surface area contributed by atoms with Crippen molar-refractivity contribution in [3.8, 4) is 0 Å². The van der Waals surface area contributed by atoms with Gasteiger partial charge in [0.2, 0.25) is 5.91 Å². The molecule has 1 unspecified atom stereocenters. The van der Waals surface area contributed by atoms with Gasteiger partial charge in [0.05, 0.1) is 11.6 Å². The molecular weight excluding hydrogens is 264 g/mol. The van der Waals surface area contributed by atoms with E-state index in [0.717, 1.165) is 37.3 Å². The first-order valence-electron chi connectivity index (χ1n) is 7.69. The van der Waals surface area contributed by atoms with Gasteiger partial charge in [0.25, 0.3) is 0 Å². The molecule has 112 valence electrons. The van der Waals surface area contributed by atoms with Crippen molar-refractivity contribution in [3.05, 3.63) is 36.3 Å². The fourth-order valence-electron chi connectivity index (χ4n) is 2.98. The van der Waals surface area contributed by atoms with E-state index in [9.17, 15) is 4.79 Å². The lowest BCUT2D eigenvalue weighted by Crippen LogP contribution is -2.42. The minimum absolute atomic E-state index is 0.159. The summed E-state index contributed by atoms with van der Waals surface area (Å²) in [6.07, 6.45) is 8.02. The summed E-state index contributed by atoms with van der Waals surface area (Å²) in [5, 5.41) is 0. The van der Waals surface area contributed by atoms with Crippen LogP contribution < -0.4 is 5.73 Å². The average molecular weight is 286 g/mol. The van der Waals surface area contributed by atoms with Crippen molar-refractivity contribution in [2.24, 2.45) is 11.7 Å². The molecule has 3 heterocycles. The standard InChI is InChI=1S/C16H22N4O/c17-11-13(16(21)19-7-3-1-4-8-19)10-14-12-20-9-5-2-6-15(20)18-14/h2,5-6,9,12-13H,1,3-4,7-8,10-11,17H2. The third-order valence-electron chi connectivity index (χ3n) is 4.17. The maximum absolute atomic E-state index is 12.6. The zero-order chi connectivity index (χ0) is 14.7. The Hall–Kier alpha value is -1.88. The molecule has 3 rings (SSSR count). The van der Waals surface area contributed by atoms with Crippen LogP contribution in [0.5, 0.6) is 0 Å². The van der Waals surface area contributed by atoms with Crippen molar-refractivity contribution in [2.75, 3.05) is 19.6 Å². The van der Waals surface area contributed by atoms with Crippen molar-refractivity contribution in [2.45, 2.75) is 25.7 Å². The van der Waals surface area contributed by atoms with Gasteiger partial charge in [-0.25, -0.2) is 4.98 Å². The highest BCUT2D eigenvalue weighted by Gasteiger charge is 2.25. The Labute approximate surface area is 124 Å². The number of nitrogens with two attached hydrogens (primary N) is 1. The number of carbonyl (C=O) groups excluding carboxylic acids is 1. The van der Waals surface area contributed by atoms with Gasteiger partial charge in [0.1, 0.15) is 5.65 Å². The summed E-state index contributed by atoms with van der Waals surface area (Å²) in [5.41, 5.74) is 7.68. The van der Waals surface area contributed by atoms with Gasteiger partial charge >= 0.3 is 0 Å². The molecule has 0 saturated carbocycles. The molecule has 5 heteroatoms. The topological polar surface area (TPSA) is 63.6 Å². The van der Waals surface area contributed by atoms with Gasteiger partial charge in [-0.15, -0.1) is 0 Å². The van der Waals surface area contributed by atoms with Gasteiger partial charge < -0.3 is 15.0 Å². The largest absolute Gasteiger partial charge is 0.342 e. The highest BCUT2D eigenvalue weighted by atomic mass is 16.2. The normalized spacial score (nSPS) is 17.1. The summed E-state index contributed by atoms with van der Waals surface area (Å²) in [6, 6.07) is 5.90. The highest BCUT2D eigenvalue weighted by molar-refractivity contribution is 5.79. The van der Waals surface area contributed by atoms with E-state index in [1.165, 1.54) is 6.42 Å². The predicted octanol–water partition coefficient (Wildman–Crippen LogP) is 1.46. The Morgan fingerprint density at radius 3 is 2.81 bits per heavy atom. The molecule has 0 aliphatic carbocycles. The SMILES string of the molecule is NCC(Cc1cn2ccccc2n1)C(=O)N1CCCCC1. The number of hydrogen-bond acceptors (Lipinski definition) is 3. The molecule has 0 aromatic carbocycles. The summed E-state index contributed by atoms with van der Waals surface area (Å²) in [4.78, 5) is 19.1. The number of imidazole rings is 1. The highest BCUT2D eigenvalue weighted by Crippen LogP contribution is 2.16. The number of amides is 1. The maximum atomic E-state index is 12.6. The third kappa shape index (κ3) is 3.08. The molecule has 0 radical (unpaired) electrons. The maximum Gasteiger partial charge on any atom is 0.227 e. The number of piperidine rings is 1. The number of hydrogen-bond donors (Lipinski definition) is 1. The number of likely N-dealkylation sites (tertiary alicyclic amines) is 1.